The molecule has 0 radical (unpaired) electrons. The number of guanidine groups is 1. The van der Waals surface area contributed by atoms with Crippen LogP contribution in [0.1, 0.15) is 46.5 Å². The van der Waals surface area contributed by atoms with Crippen LogP contribution in [0.25, 0.3) is 0 Å². The average Bonchev–Trinajstić information content (AvgIpc) is 3.33. The molecule has 0 amide bonds. The van der Waals surface area contributed by atoms with Crippen molar-refractivity contribution in [2.24, 2.45) is 4.99 Å². The molecule has 1 aliphatic rings. The molecule has 0 saturated carbocycles. The molecular formula is C22H33IN4O2S. The number of aliphatic imine (C=N–C) groups is 1. The molecule has 166 valence electrons. The molecule has 2 N–H and O–H groups in total. The normalized spacial score (nSPS) is 16.3. The fraction of sp³-hybridized carbons (Fsp3) is 0.545. The molecule has 1 aliphatic heterocycles. The van der Waals surface area contributed by atoms with E-state index in [-0.39, 0.29) is 30.1 Å². The maximum atomic E-state index is 6.10. The Morgan fingerprint density at radius 3 is 2.80 bits per heavy atom. The molecule has 6 nitrogen and oxygen atoms in total. The monoisotopic (exact) mass is 544 g/mol. The molecule has 8 heteroatoms. The van der Waals surface area contributed by atoms with Crippen LogP contribution in [0.4, 0.5) is 0 Å². The molecule has 0 bridgehead atoms. The molecule has 1 unspecified atom stereocenters. The molecule has 1 aromatic heterocycles. The van der Waals surface area contributed by atoms with Crippen LogP contribution in [0, 0.1) is 20.8 Å². The van der Waals surface area contributed by atoms with E-state index < -0.39 is 0 Å². The van der Waals surface area contributed by atoms with Crippen LogP contribution in [0.3, 0.4) is 0 Å². The highest BCUT2D eigenvalue weighted by molar-refractivity contribution is 14.0. The van der Waals surface area contributed by atoms with Gasteiger partial charge in [-0.1, -0.05) is 12.1 Å². The molecular weight excluding hydrogens is 511 g/mol. The van der Waals surface area contributed by atoms with E-state index >= 15 is 0 Å². The Balaban J connectivity index is 0.00000320. The average molecular weight is 545 g/mol. The van der Waals surface area contributed by atoms with Crippen LogP contribution in [0.2, 0.25) is 0 Å². The molecule has 1 aromatic carbocycles. The Bertz CT molecular complexity index is 815. The van der Waals surface area contributed by atoms with Crippen LogP contribution >= 0.6 is 35.3 Å². The zero-order valence-corrected chi connectivity index (χ0v) is 21.4. The Hall–Kier alpha value is -1.39. The summed E-state index contributed by atoms with van der Waals surface area (Å²) in [5, 5.41) is 7.76. The predicted molar refractivity (Wildman–Crippen MR) is 134 cm³/mol. The number of nitrogens with one attached hydrogen (secondary N) is 2. The lowest BCUT2D eigenvalue weighted by Crippen LogP contribution is -2.36. The van der Waals surface area contributed by atoms with Gasteiger partial charge in [-0.05, 0) is 52.2 Å². The van der Waals surface area contributed by atoms with Crippen molar-refractivity contribution in [3.63, 3.8) is 0 Å². The summed E-state index contributed by atoms with van der Waals surface area (Å²) in [7, 11) is 0. The smallest absolute Gasteiger partial charge is 0.191 e. The summed E-state index contributed by atoms with van der Waals surface area (Å²) in [6, 6.07) is 6.29. The first-order chi connectivity index (χ1) is 14.0. The van der Waals surface area contributed by atoms with Gasteiger partial charge in [0.15, 0.2) is 5.96 Å². The van der Waals surface area contributed by atoms with Gasteiger partial charge in [-0.3, -0.25) is 0 Å². The second-order valence-corrected chi connectivity index (χ2v) is 8.64. The van der Waals surface area contributed by atoms with Crippen LogP contribution < -0.4 is 15.4 Å². The summed E-state index contributed by atoms with van der Waals surface area (Å²) in [4.78, 5) is 10.6. The van der Waals surface area contributed by atoms with Crippen molar-refractivity contribution < 1.29 is 9.47 Å². The van der Waals surface area contributed by atoms with Gasteiger partial charge in [0.2, 0.25) is 0 Å². The van der Waals surface area contributed by atoms with Crippen LogP contribution in [0.15, 0.2) is 23.2 Å². The maximum Gasteiger partial charge on any atom is 0.191 e. The summed E-state index contributed by atoms with van der Waals surface area (Å²) in [6.07, 6.45) is 2.40. The third-order valence-electron chi connectivity index (χ3n) is 4.90. The molecule has 0 aliphatic carbocycles. The molecule has 0 spiro atoms. The number of hydrogen-bond donors (Lipinski definition) is 2. The first kappa shape index (κ1) is 24.9. The minimum atomic E-state index is 0. The number of halogens is 1. The fourth-order valence-electron chi connectivity index (χ4n) is 3.17. The minimum Gasteiger partial charge on any atom is -0.491 e. The van der Waals surface area contributed by atoms with Crippen LogP contribution in [-0.4, -0.2) is 36.8 Å². The number of benzene rings is 1. The van der Waals surface area contributed by atoms with Gasteiger partial charge >= 0.3 is 0 Å². The van der Waals surface area contributed by atoms with Gasteiger partial charge in [-0.2, -0.15) is 0 Å². The van der Waals surface area contributed by atoms with Gasteiger partial charge in [-0.15, -0.1) is 35.3 Å². The number of ether oxygens (including phenoxy) is 2. The van der Waals surface area contributed by atoms with E-state index in [0.717, 1.165) is 54.0 Å². The summed E-state index contributed by atoms with van der Waals surface area (Å²) in [5.74, 6) is 1.68. The van der Waals surface area contributed by atoms with Crippen molar-refractivity contribution >= 4 is 41.3 Å². The van der Waals surface area contributed by atoms with Gasteiger partial charge in [0.05, 0.1) is 24.9 Å². The van der Waals surface area contributed by atoms with E-state index in [2.05, 4.69) is 54.6 Å². The zero-order valence-electron chi connectivity index (χ0n) is 18.3. The third-order valence-corrected chi connectivity index (χ3v) is 5.98. The number of rotatable bonds is 8. The highest BCUT2D eigenvalue weighted by Gasteiger charge is 2.17. The predicted octanol–water partition coefficient (Wildman–Crippen LogP) is 4.50. The highest BCUT2D eigenvalue weighted by Crippen LogP contribution is 2.23. The molecule has 2 aromatic rings. The lowest BCUT2D eigenvalue weighted by Gasteiger charge is -2.15. The van der Waals surface area contributed by atoms with Crippen molar-refractivity contribution in [1.29, 1.82) is 0 Å². The summed E-state index contributed by atoms with van der Waals surface area (Å²) in [5.41, 5.74) is 3.35. The Labute approximate surface area is 200 Å². The van der Waals surface area contributed by atoms with Crippen molar-refractivity contribution in [3.8, 4) is 5.75 Å². The van der Waals surface area contributed by atoms with Crippen molar-refractivity contribution in [2.75, 3.05) is 19.8 Å². The number of aryl methyl sites for hydroxylation is 3. The number of hydrogen-bond acceptors (Lipinski definition) is 5. The van der Waals surface area contributed by atoms with E-state index in [4.69, 9.17) is 14.5 Å². The van der Waals surface area contributed by atoms with Gasteiger partial charge in [0, 0.05) is 23.6 Å². The zero-order chi connectivity index (χ0) is 20.6. The molecule has 30 heavy (non-hydrogen) atoms. The molecule has 2 heterocycles. The molecule has 3 rings (SSSR count). The van der Waals surface area contributed by atoms with E-state index in [9.17, 15) is 0 Å². The molecule has 1 saturated heterocycles. The minimum absolute atomic E-state index is 0. The lowest BCUT2D eigenvalue weighted by atomic mass is 10.1. The standard InChI is InChI=1S/C22H32N4O2S.HI/c1-5-23-22(25-13-21-26-16(3)17(4)29-21)24-12-18-9-8-15(2)11-20(18)28-14-19-7-6-10-27-19;/h8-9,11,19H,5-7,10,12-14H2,1-4H3,(H2,23,24,25);1H. The summed E-state index contributed by atoms with van der Waals surface area (Å²) < 4.78 is 11.8. The summed E-state index contributed by atoms with van der Waals surface area (Å²) >= 11 is 1.72. The second-order valence-electron chi connectivity index (χ2n) is 7.36. The SMILES string of the molecule is CCNC(=NCc1ccc(C)cc1OCC1CCCO1)NCc1nc(C)c(C)s1.I. The van der Waals surface area contributed by atoms with Crippen LogP contribution in [0.5, 0.6) is 5.75 Å². The van der Waals surface area contributed by atoms with Crippen molar-refractivity contribution in [3.05, 3.63) is 44.9 Å². The van der Waals surface area contributed by atoms with Gasteiger partial charge in [0.25, 0.3) is 0 Å². The van der Waals surface area contributed by atoms with Gasteiger partial charge < -0.3 is 20.1 Å². The Morgan fingerprint density at radius 2 is 2.13 bits per heavy atom. The van der Waals surface area contributed by atoms with E-state index in [0.29, 0.717) is 19.7 Å². The van der Waals surface area contributed by atoms with E-state index in [1.807, 2.05) is 6.92 Å². The summed E-state index contributed by atoms with van der Waals surface area (Å²) in [6.45, 7) is 11.8. The quantitative estimate of drug-likeness (QED) is 0.291. The maximum absolute atomic E-state index is 6.10. The highest BCUT2D eigenvalue weighted by atomic mass is 127. The largest absolute Gasteiger partial charge is 0.491 e. The molecule has 1 atom stereocenters. The van der Waals surface area contributed by atoms with E-state index in [1.165, 1.54) is 10.4 Å². The fourth-order valence-corrected chi connectivity index (χ4v) is 4.04. The molecule has 1 fully saturated rings. The van der Waals surface area contributed by atoms with Crippen LogP contribution in [-0.2, 0) is 17.8 Å². The van der Waals surface area contributed by atoms with Gasteiger partial charge in [-0.25, -0.2) is 9.98 Å². The van der Waals surface area contributed by atoms with E-state index in [1.54, 1.807) is 11.3 Å². The number of aromatic nitrogens is 1. The first-order valence-electron chi connectivity index (χ1n) is 10.3. The first-order valence-corrected chi connectivity index (χ1v) is 11.2. The lowest BCUT2D eigenvalue weighted by molar-refractivity contribution is 0.0676. The topological polar surface area (TPSA) is 67.8 Å². The Kier molecular flexibility index (Phi) is 10.3. The van der Waals surface area contributed by atoms with Crippen molar-refractivity contribution in [1.82, 2.24) is 15.6 Å². The van der Waals surface area contributed by atoms with Crippen molar-refractivity contribution in [2.45, 2.75) is 59.7 Å². The van der Waals surface area contributed by atoms with Gasteiger partial charge in [0.1, 0.15) is 17.4 Å². The second kappa shape index (κ2) is 12.5. The Morgan fingerprint density at radius 1 is 1.30 bits per heavy atom. The third kappa shape index (κ3) is 7.39. The number of thiazole rings is 1. The number of nitrogens with zero attached hydrogens (tertiary/aromatic N) is 2.